The number of hydrogen-bond donors (Lipinski definition) is 0. The van der Waals surface area contributed by atoms with Gasteiger partial charge in [-0.3, -0.25) is 10.1 Å². The molecule has 0 heterocycles. The first-order valence-corrected chi connectivity index (χ1v) is 5.43. The van der Waals surface area contributed by atoms with E-state index in [2.05, 4.69) is 15.9 Å². The van der Waals surface area contributed by atoms with Crippen LogP contribution in [0.1, 0.15) is 6.92 Å². The van der Waals surface area contributed by atoms with Crippen molar-refractivity contribution in [1.82, 2.24) is 0 Å². The Balaban J connectivity index is 2.77. The van der Waals surface area contributed by atoms with E-state index >= 15 is 0 Å². The number of nitrogens with zero attached hydrogens (tertiary/aromatic N) is 1. The molecule has 1 aromatic rings. The van der Waals surface area contributed by atoms with Crippen molar-refractivity contribution in [3.63, 3.8) is 0 Å². The molecule has 0 radical (unpaired) electrons. The number of benzene rings is 1. The molecule has 1 aromatic carbocycles. The van der Waals surface area contributed by atoms with E-state index in [-0.39, 0.29) is 11.8 Å². The van der Waals surface area contributed by atoms with Crippen molar-refractivity contribution in [1.29, 1.82) is 0 Å². The Morgan fingerprint density at radius 1 is 1.56 bits per heavy atom. The molecular weight excluding hydrogens is 278 g/mol. The maximum Gasteiger partial charge on any atom is 0.283 e. The van der Waals surface area contributed by atoms with Gasteiger partial charge in [0.1, 0.15) is 11.9 Å². The molecule has 1 unspecified atom stereocenters. The van der Waals surface area contributed by atoms with Crippen LogP contribution >= 0.6 is 15.9 Å². The van der Waals surface area contributed by atoms with E-state index in [1.54, 1.807) is 19.2 Å². The second kappa shape index (κ2) is 5.81. The van der Waals surface area contributed by atoms with Crippen molar-refractivity contribution in [2.75, 3.05) is 13.7 Å². The van der Waals surface area contributed by atoms with Crippen LogP contribution in [0.15, 0.2) is 22.7 Å². The number of halogens is 1. The maximum atomic E-state index is 10.6. The molecule has 0 saturated heterocycles. The van der Waals surface area contributed by atoms with E-state index in [0.29, 0.717) is 16.8 Å². The fraction of sp³-hybridized carbons (Fsp3) is 0.400. The third kappa shape index (κ3) is 3.46. The predicted octanol–water partition coefficient (Wildman–Crippen LogP) is 2.77. The van der Waals surface area contributed by atoms with Crippen LogP contribution in [0.2, 0.25) is 0 Å². The van der Waals surface area contributed by atoms with Crippen LogP contribution in [-0.4, -0.2) is 24.7 Å². The second-order valence-electron chi connectivity index (χ2n) is 3.25. The van der Waals surface area contributed by atoms with Gasteiger partial charge in [0.2, 0.25) is 0 Å². The van der Waals surface area contributed by atoms with Gasteiger partial charge in [-0.05, 0) is 28.9 Å². The highest BCUT2D eigenvalue weighted by Crippen LogP contribution is 2.29. The van der Waals surface area contributed by atoms with Crippen LogP contribution in [0, 0.1) is 10.1 Å². The fourth-order valence-corrected chi connectivity index (χ4v) is 1.71. The van der Waals surface area contributed by atoms with Crippen molar-refractivity contribution in [3.05, 3.63) is 32.8 Å². The number of ether oxygens (including phenoxy) is 2. The van der Waals surface area contributed by atoms with Crippen molar-refractivity contribution >= 4 is 21.6 Å². The number of methoxy groups -OCH3 is 1. The van der Waals surface area contributed by atoms with Crippen LogP contribution in [0.5, 0.6) is 5.75 Å². The Labute approximate surface area is 102 Å². The smallest absolute Gasteiger partial charge is 0.283 e. The lowest BCUT2D eigenvalue weighted by molar-refractivity contribution is -0.385. The number of nitro benzene ring substituents is 1. The van der Waals surface area contributed by atoms with Gasteiger partial charge in [-0.1, -0.05) is 0 Å². The van der Waals surface area contributed by atoms with Gasteiger partial charge in [0.25, 0.3) is 5.69 Å². The first-order valence-electron chi connectivity index (χ1n) is 4.64. The van der Waals surface area contributed by atoms with Gasteiger partial charge in [-0.25, -0.2) is 0 Å². The van der Waals surface area contributed by atoms with Crippen LogP contribution < -0.4 is 4.74 Å². The van der Waals surface area contributed by atoms with E-state index in [4.69, 9.17) is 9.47 Å². The number of nitro groups is 1. The highest BCUT2D eigenvalue weighted by Gasteiger charge is 2.13. The van der Waals surface area contributed by atoms with E-state index in [9.17, 15) is 10.1 Å². The number of rotatable bonds is 5. The highest BCUT2D eigenvalue weighted by molar-refractivity contribution is 9.10. The molecule has 0 spiro atoms. The molecule has 0 bridgehead atoms. The minimum atomic E-state index is -0.452. The SMILES string of the molecule is COCC(C)Oc1ccc([N+](=O)[O-])c(Br)c1. The van der Waals surface area contributed by atoms with Gasteiger partial charge in [0, 0.05) is 19.2 Å². The number of hydrogen-bond acceptors (Lipinski definition) is 4. The third-order valence-electron chi connectivity index (χ3n) is 1.85. The zero-order chi connectivity index (χ0) is 12.1. The summed E-state index contributed by atoms with van der Waals surface area (Å²) in [5.41, 5.74) is 0.0201. The molecule has 5 nitrogen and oxygen atoms in total. The van der Waals surface area contributed by atoms with Crippen LogP contribution in [0.4, 0.5) is 5.69 Å². The summed E-state index contributed by atoms with van der Waals surface area (Å²) in [5.74, 6) is 0.571. The fourth-order valence-electron chi connectivity index (χ4n) is 1.21. The van der Waals surface area contributed by atoms with Crippen molar-refractivity contribution in [2.45, 2.75) is 13.0 Å². The zero-order valence-electron chi connectivity index (χ0n) is 8.97. The lowest BCUT2D eigenvalue weighted by Crippen LogP contribution is -2.17. The minimum Gasteiger partial charge on any atom is -0.488 e. The normalized spacial score (nSPS) is 12.2. The Bertz CT molecular complexity index is 383. The van der Waals surface area contributed by atoms with Gasteiger partial charge in [-0.15, -0.1) is 0 Å². The van der Waals surface area contributed by atoms with E-state index < -0.39 is 4.92 Å². The first-order chi connectivity index (χ1) is 7.54. The summed E-state index contributed by atoms with van der Waals surface area (Å²) in [7, 11) is 1.59. The Morgan fingerprint density at radius 2 is 2.25 bits per heavy atom. The molecule has 0 aliphatic rings. The van der Waals surface area contributed by atoms with Gasteiger partial charge in [0.15, 0.2) is 0 Å². The largest absolute Gasteiger partial charge is 0.488 e. The average molecular weight is 290 g/mol. The lowest BCUT2D eigenvalue weighted by atomic mass is 10.3. The van der Waals surface area contributed by atoms with Gasteiger partial charge in [-0.2, -0.15) is 0 Å². The van der Waals surface area contributed by atoms with Gasteiger partial charge < -0.3 is 9.47 Å². The summed E-state index contributed by atoms with van der Waals surface area (Å²) in [6.07, 6.45) is -0.0987. The highest BCUT2D eigenvalue weighted by atomic mass is 79.9. The maximum absolute atomic E-state index is 10.6. The average Bonchev–Trinajstić information content (AvgIpc) is 2.17. The second-order valence-corrected chi connectivity index (χ2v) is 4.11. The first kappa shape index (κ1) is 12.9. The summed E-state index contributed by atoms with van der Waals surface area (Å²) in [5, 5.41) is 10.6. The molecule has 6 heteroatoms. The van der Waals surface area contributed by atoms with Crippen molar-refractivity contribution in [2.24, 2.45) is 0 Å². The molecule has 1 atom stereocenters. The Morgan fingerprint density at radius 3 is 2.75 bits per heavy atom. The van der Waals surface area contributed by atoms with Crippen LogP contribution in [0.3, 0.4) is 0 Å². The van der Waals surface area contributed by atoms with Crippen molar-refractivity contribution < 1.29 is 14.4 Å². The molecule has 88 valence electrons. The molecule has 1 rings (SSSR count). The third-order valence-corrected chi connectivity index (χ3v) is 2.49. The summed E-state index contributed by atoms with van der Waals surface area (Å²) < 4.78 is 10.8. The minimum absolute atomic E-state index is 0.0201. The molecular formula is C10H12BrNO4. The van der Waals surface area contributed by atoms with E-state index in [0.717, 1.165) is 0 Å². The van der Waals surface area contributed by atoms with Gasteiger partial charge in [0.05, 0.1) is 16.0 Å². The summed E-state index contributed by atoms with van der Waals surface area (Å²) in [6, 6.07) is 4.54. The standard InChI is InChI=1S/C10H12BrNO4/c1-7(6-15-2)16-8-3-4-10(12(13)14)9(11)5-8/h3-5,7H,6H2,1-2H3. The van der Waals surface area contributed by atoms with Crippen molar-refractivity contribution in [3.8, 4) is 5.75 Å². The van der Waals surface area contributed by atoms with Gasteiger partial charge >= 0.3 is 0 Å². The molecule has 0 aliphatic heterocycles. The lowest BCUT2D eigenvalue weighted by Gasteiger charge is -2.13. The Hall–Kier alpha value is -1.14. The van der Waals surface area contributed by atoms with E-state index in [1.165, 1.54) is 6.07 Å². The topological polar surface area (TPSA) is 61.6 Å². The molecule has 0 amide bonds. The van der Waals surface area contributed by atoms with Crippen LogP contribution in [0.25, 0.3) is 0 Å². The summed E-state index contributed by atoms with van der Waals surface area (Å²) >= 11 is 3.12. The molecule has 16 heavy (non-hydrogen) atoms. The Kier molecular flexibility index (Phi) is 4.70. The zero-order valence-corrected chi connectivity index (χ0v) is 10.6. The molecule has 0 aliphatic carbocycles. The summed E-state index contributed by atoms with van der Waals surface area (Å²) in [4.78, 5) is 10.1. The molecule has 0 saturated carbocycles. The quantitative estimate of drug-likeness (QED) is 0.618. The summed E-state index contributed by atoms with van der Waals surface area (Å²) in [6.45, 7) is 2.33. The molecule has 0 fully saturated rings. The van der Waals surface area contributed by atoms with E-state index in [1.807, 2.05) is 6.92 Å². The molecule has 0 N–H and O–H groups in total. The predicted molar refractivity (Wildman–Crippen MR) is 62.8 cm³/mol. The monoisotopic (exact) mass is 289 g/mol. The van der Waals surface area contributed by atoms with Crippen LogP contribution in [-0.2, 0) is 4.74 Å². The molecule has 0 aromatic heterocycles.